The summed E-state index contributed by atoms with van der Waals surface area (Å²) in [6.45, 7) is 5.52. The molecule has 4 rings (SSSR count). The SMILES string of the molecule is Cc1cc(C(C)Nc2ccc(Cl)c(F)c2C#N)c2oc(-c3ccccc3)c(C)c(=O)c2c1. The molecule has 0 bridgehead atoms. The molecule has 0 spiro atoms. The molecule has 160 valence electrons. The van der Waals surface area contributed by atoms with E-state index in [4.69, 9.17) is 16.0 Å². The average Bonchev–Trinajstić information content (AvgIpc) is 2.79. The second kappa shape index (κ2) is 8.49. The Morgan fingerprint density at radius 2 is 1.84 bits per heavy atom. The maximum atomic E-state index is 14.3. The number of rotatable bonds is 4. The average molecular weight is 447 g/mol. The van der Waals surface area contributed by atoms with Crippen molar-refractivity contribution in [3.63, 3.8) is 0 Å². The molecule has 6 heteroatoms. The first-order valence-corrected chi connectivity index (χ1v) is 10.5. The summed E-state index contributed by atoms with van der Waals surface area (Å²) in [6, 6.07) is 17.6. The van der Waals surface area contributed by atoms with Crippen LogP contribution in [0, 0.1) is 31.0 Å². The maximum absolute atomic E-state index is 14.3. The summed E-state index contributed by atoms with van der Waals surface area (Å²) in [7, 11) is 0. The van der Waals surface area contributed by atoms with Crippen molar-refractivity contribution in [2.75, 3.05) is 5.32 Å². The van der Waals surface area contributed by atoms with Crippen molar-refractivity contribution in [1.82, 2.24) is 0 Å². The molecule has 0 aliphatic heterocycles. The first kappa shape index (κ1) is 21.6. The fourth-order valence-electron chi connectivity index (χ4n) is 3.85. The second-order valence-electron chi connectivity index (χ2n) is 7.74. The molecule has 1 N–H and O–H groups in total. The van der Waals surface area contributed by atoms with E-state index in [1.165, 1.54) is 6.07 Å². The summed E-state index contributed by atoms with van der Waals surface area (Å²) in [5.74, 6) is -0.260. The summed E-state index contributed by atoms with van der Waals surface area (Å²) in [5.41, 5.74) is 3.47. The maximum Gasteiger partial charge on any atom is 0.196 e. The van der Waals surface area contributed by atoms with Crippen molar-refractivity contribution in [2.45, 2.75) is 26.8 Å². The van der Waals surface area contributed by atoms with Gasteiger partial charge in [-0.1, -0.05) is 48.0 Å². The first-order chi connectivity index (χ1) is 15.3. The molecule has 0 radical (unpaired) electrons. The fraction of sp³-hybridized carbons (Fsp3) is 0.154. The van der Waals surface area contributed by atoms with Crippen LogP contribution in [0.3, 0.4) is 0 Å². The van der Waals surface area contributed by atoms with Crippen LogP contribution in [0.25, 0.3) is 22.3 Å². The van der Waals surface area contributed by atoms with Crippen LogP contribution in [-0.2, 0) is 0 Å². The highest BCUT2D eigenvalue weighted by Gasteiger charge is 2.20. The molecule has 0 saturated heterocycles. The zero-order valence-corrected chi connectivity index (χ0v) is 18.5. The number of hydrogen-bond donors (Lipinski definition) is 1. The Balaban J connectivity index is 1.90. The van der Waals surface area contributed by atoms with Gasteiger partial charge in [0.2, 0.25) is 0 Å². The van der Waals surface area contributed by atoms with Crippen LogP contribution in [0.1, 0.15) is 35.2 Å². The van der Waals surface area contributed by atoms with E-state index in [0.29, 0.717) is 28.0 Å². The van der Waals surface area contributed by atoms with Crippen molar-refractivity contribution in [1.29, 1.82) is 5.26 Å². The summed E-state index contributed by atoms with van der Waals surface area (Å²) in [4.78, 5) is 13.2. The molecule has 3 aromatic carbocycles. The number of halogens is 2. The van der Waals surface area contributed by atoms with Crippen molar-refractivity contribution in [3.8, 4) is 17.4 Å². The third-order valence-corrected chi connectivity index (χ3v) is 5.76. The van der Waals surface area contributed by atoms with Crippen molar-refractivity contribution in [2.24, 2.45) is 0 Å². The van der Waals surface area contributed by atoms with Crippen LogP contribution in [-0.4, -0.2) is 0 Å². The smallest absolute Gasteiger partial charge is 0.196 e. The van der Waals surface area contributed by atoms with Crippen LogP contribution in [0.15, 0.2) is 63.8 Å². The monoisotopic (exact) mass is 446 g/mol. The molecule has 0 saturated carbocycles. The minimum Gasteiger partial charge on any atom is -0.455 e. The lowest BCUT2D eigenvalue weighted by Crippen LogP contribution is -2.13. The Labute approximate surface area is 189 Å². The zero-order chi connectivity index (χ0) is 23.0. The zero-order valence-electron chi connectivity index (χ0n) is 17.8. The molecule has 0 amide bonds. The van der Waals surface area contributed by atoms with Crippen LogP contribution in [0.2, 0.25) is 5.02 Å². The van der Waals surface area contributed by atoms with Gasteiger partial charge in [-0.2, -0.15) is 5.26 Å². The van der Waals surface area contributed by atoms with Crippen LogP contribution >= 0.6 is 11.6 Å². The predicted octanol–water partition coefficient (Wildman–Crippen LogP) is 6.91. The summed E-state index contributed by atoms with van der Waals surface area (Å²) in [5, 5.41) is 12.9. The molecule has 0 fully saturated rings. The quantitative estimate of drug-likeness (QED) is 0.369. The fourth-order valence-corrected chi connectivity index (χ4v) is 4.00. The molecule has 4 nitrogen and oxygen atoms in total. The number of aryl methyl sites for hydroxylation is 1. The van der Waals surface area contributed by atoms with E-state index in [9.17, 15) is 14.4 Å². The minimum atomic E-state index is -0.769. The molecule has 0 aliphatic rings. The number of nitriles is 1. The van der Waals surface area contributed by atoms with Gasteiger partial charge < -0.3 is 9.73 Å². The van der Waals surface area contributed by atoms with Crippen molar-refractivity contribution >= 4 is 28.3 Å². The van der Waals surface area contributed by atoms with Gasteiger partial charge in [-0.15, -0.1) is 0 Å². The van der Waals surface area contributed by atoms with E-state index in [0.717, 1.165) is 16.7 Å². The van der Waals surface area contributed by atoms with Gasteiger partial charge >= 0.3 is 0 Å². The molecule has 1 aromatic heterocycles. The van der Waals surface area contributed by atoms with Crippen LogP contribution < -0.4 is 10.7 Å². The second-order valence-corrected chi connectivity index (χ2v) is 8.15. The van der Waals surface area contributed by atoms with Crippen LogP contribution in [0.4, 0.5) is 10.1 Å². The van der Waals surface area contributed by atoms with E-state index < -0.39 is 5.82 Å². The van der Waals surface area contributed by atoms with E-state index in [1.807, 2.05) is 62.4 Å². The highest BCUT2D eigenvalue weighted by atomic mass is 35.5. The molecule has 4 aromatic rings. The summed E-state index contributed by atoms with van der Waals surface area (Å²) < 4.78 is 20.6. The van der Waals surface area contributed by atoms with Gasteiger partial charge in [0, 0.05) is 16.7 Å². The molecule has 1 unspecified atom stereocenters. The summed E-state index contributed by atoms with van der Waals surface area (Å²) in [6.07, 6.45) is 0. The molecule has 1 heterocycles. The number of nitrogens with one attached hydrogen (secondary N) is 1. The molecule has 32 heavy (non-hydrogen) atoms. The van der Waals surface area contributed by atoms with Gasteiger partial charge in [0.15, 0.2) is 11.2 Å². The predicted molar refractivity (Wildman–Crippen MR) is 126 cm³/mol. The standard InChI is InChI=1S/C26H20ClFN2O2/c1-14-11-18(16(3)30-22-10-9-21(27)23(28)20(22)13-29)26-19(12-14)24(31)15(2)25(32-26)17-7-5-4-6-8-17/h4-12,16,30H,1-3H3. The van der Waals surface area contributed by atoms with Gasteiger partial charge in [0.05, 0.1) is 22.1 Å². The minimum absolute atomic E-state index is 0.0995. The number of anilines is 1. The molecular formula is C26H20ClFN2O2. The van der Waals surface area contributed by atoms with Crippen molar-refractivity contribution in [3.05, 3.63) is 97.9 Å². The largest absolute Gasteiger partial charge is 0.455 e. The van der Waals surface area contributed by atoms with E-state index in [2.05, 4.69) is 5.32 Å². The third kappa shape index (κ3) is 3.74. The highest BCUT2D eigenvalue weighted by molar-refractivity contribution is 6.31. The molecular weight excluding hydrogens is 427 g/mol. The number of fused-ring (bicyclic) bond motifs is 1. The Hall–Kier alpha value is -3.62. The lowest BCUT2D eigenvalue weighted by atomic mass is 9.98. The number of benzene rings is 3. The molecule has 0 aliphatic carbocycles. The topological polar surface area (TPSA) is 66.0 Å². The van der Waals surface area contributed by atoms with Gasteiger partial charge in [0.1, 0.15) is 23.0 Å². The Bertz CT molecular complexity index is 1440. The molecule has 1 atom stereocenters. The normalized spacial score (nSPS) is 11.9. The van der Waals surface area contributed by atoms with Gasteiger partial charge in [0.25, 0.3) is 0 Å². The third-order valence-electron chi connectivity index (χ3n) is 5.47. The lowest BCUT2D eigenvalue weighted by molar-refractivity contribution is 0.605. The number of hydrogen-bond acceptors (Lipinski definition) is 4. The van der Waals surface area contributed by atoms with Crippen LogP contribution in [0.5, 0.6) is 0 Å². The Morgan fingerprint density at radius 3 is 2.53 bits per heavy atom. The van der Waals surface area contributed by atoms with Gasteiger partial charge in [-0.05, 0) is 44.5 Å². The first-order valence-electron chi connectivity index (χ1n) is 10.1. The van der Waals surface area contributed by atoms with Gasteiger partial charge in [-0.25, -0.2) is 4.39 Å². The van der Waals surface area contributed by atoms with E-state index in [1.54, 1.807) is 13.0 Å². The van der Waals surface area contributed by atoms with E-state index >= 15 is 0 Å². The Kier molecular flexibility index (Phi) is 5.73. The van der Waals surface area contributed by atoms with Gasteiger partial charge in [-0.3, -0.25) is 4.79 Å². The van der Waals surface area contributed by atoms with Crippen molar-refractivity contribution < 1.29 is 8.81 Å². The summed E-state index contributed by atoms with van der Waals surface area (Å²) >= 11 is 5.82. The Morgan fingerprint density at radius 1 is 1.12 bits per heavy atom. The highest BCUT2D eigenvalue weighted by Crippen LogP contribution is 2.33. The van der Waals surface area contributed by atoms with E-state index in [-0.39, 0.29) is 22.1 Å². The number of nitrogens with zero attached hydrogens (tertiary/aromatic N) is 1. The lowest BCUT2D eigenvalue weighted by Gasteiger charge is -2.20.